The SMILES string of the molecule is CC[C@@H]1Oc2ccc(NS(=O)(=O)c3cccc(Cl)c3)cc2CN([C@@H]2CCCc3ccccc32)C1=O. The molecule has 0 spiro atoms. The Balaban J connectivity index is 1.49. The maximum atomic E-state index is 13.6. The number of carbonyl (C=O) groups excluding carboxylic acids is 1. The van der Waals surface area contributed by atoms with Crippen molar-refractivity contribution >= 4 is 33.2 Å². The number of hydrogen-bond donors (Lipinski definition) is 1. The molecular formula is C27H27ClN2O4S. The number of carbonyl (C=O) groups is 1. The largest absolute Gasteiger partial charge is 0.480 e. The Morgan fingerprint density at radius 2 is 1.89 bits per heavy atom. The number of sulfonamides is 1. The fraction of sp³-hybridized carbons (Fsp3) is 0.296. The lowest BCUT2D eigenvalue weighted by Gasteiger charge is -2.36. The monoisotopic (exact) mass is 510 g/mol. The van der Waals surface area contributed by atoms with E-state index in [1.807, 2.05) is 24.0 Å². The molecule has 0 unspecified atom stereocenters. The molecule has 2 atom stereocenters. The number of hydrogen-bond acceptors (Lipinski definition) is 4. The van der Waals surface area contributed by atoms with E-state index in [0.29, 0.717) is 29.4 Å². The number of amides is 1. The molecule has 1 heterocycles. The fourth-order valence-electron chi connectivity index (χ4n) is 4.95. The van der Waals surface area contributed by atoms with Crippen molar-refractivity contribution < 1.29 is 17.9 Å². The van der Waals surface area contributed by atoms with E-state index < -0.39 is 16.1 Å². The van der Waals surface area contributed by atoms with Gasteiger partial charge < -0.3 is 9.64 Å². The molecule has 0 saturated heterocycles. The summed E-state index contributed by atoms with van der Waals surface area (Å²) >= 11 is 5.99. The minimum absolute atomic E-state index is 0.0357. The summed E-state index contributed by atoms with van der Waals surface area (Å²) in [4.78, 5) is 15.6. The molecule has 0 fully saturated rings. The number of halogens is 1. The van der Waals surface area contributed by atoms with Gasteiger partial charge in [-0.15, -0.1) is 0 Å². The second-order valence-corrected chi connectivity index (χ2v) is 11.1. The van der Waals surface area contributed by atoms with Crippen LogP contribution in [0.4, 0.5) is 5.69 Å². The van der Waals surface area contributed by atoms with Crippen molar-refractivity contribution in [1.82, 2.24) is 4.90 Å². The van der Waals surface area contributed by atoms with Crippen LogP contribution in [0.5, 0.6) is 5.75 Å². The standard InChI is InChI=1S/C27H27ClN2O4S/c1-2-25-27(31)30(24-12-5-8-18-7-3-4-11-23(18)24)17-19-15-21(13-14-26(19)34-25)29-35(32,33)22-10-6-9-20(28)16-22/h3-4,6-7,9-11,13-16,24-25,29H,2,5,8,12,17H2,1H3/t24-,25+/m1/s1. The third-order valence-corrected chi connectivity index (χ3v) is 8.29. The minimum Gasteiger partial charge on any atom is -0.480 e. The minimum atomic E-state index is -3.83. The van der Waals surface area contributed by atoms with Crippen molar-refractivity contribution in [2.24, 2.45) is 0 Å². The molecule has 0 saturated carbocycles. The van der Waals surface area contributed by atoms with Crippen molar-refractivity contribution in [3.63, 3.8) is 0 Å². The maximum Gasteiger partial charge on any atom is 0.264 e. The Labute approximate surface area is 210 Å². The van der Waals surface area contributed by atoms with E-state index in [1.165, 1.54) is 23.3 Å². The normalized spacial score (nSPS) is 19.8. The van der Waals surface area contributed by atoms with Crippen LogP contribution in [-0.4, -0.2) is 25.3 Å². The third kappa shape index (κ3) is 4.75. The molecule has 0 bridgehead atoms. The Morgan fingerprint density at radius 3 is 2.69 bits per heavy atom. The molecule has 3 aromatic rings. The van der Waals surface area contributed by atoms with Gasteiger partial charge in [-0.2, -0.15) is 0 Å². The first-order valence-corrected chi connectivity index (χ1v) is 13.7. The van der Waals surface area contributed by atoms with Crippen molar-refractivity contribution in [2.45, 2.75) is 56.2 Å². The van der Waals surface area contributed by atoms with Crippen LogP contribution >= 0.6 is 11.6 Å². The van der Waals surface area contributed by atoms with Crippen molar-refractivity contribution in [3.05, 3.63) is 88.4 Å². The number of rotatable bonds is 5. The molecule has 6 nitrogen and oxygen atoms in total. The molecule has 182 valence electrons. The zero-order chi connectivity index (χ0) is 24.6. The molecule has 1 aliphatic carbocycles. The van der Waals surface area contributed by atoms with Gasteiger partial charge in [0.1, 0.15) is 5.75 Å². The molecule has 8 heteroatoms. The average molecular weight is 511 g/mol. The number of anilines is 1. The van der Waals surface area contributed by atoms with Gasteiger partial charge in [0.15, 0.2) is 6.10 Å². The number of nitrogens with zero attached hydrogens (tertiary/aromatic N) is 1. The Bertz CT molecular complexity index is 1380. The molecule has 0 aromatic heterocycles. The summed E-state index contributed by atoms with van der Waals surface area (Å²) in [5.74, 6) is 0.564. The van der Waals surface area contributed by atoms with Crippen LogP contribution < -0.4 is 9.46 Å². The van der Waals surface area contributed by atoms with Gasteiger partial charge in [-0.3, -0.25) is 9.52 Å². The van der Waals surface area contributed by atoms with Crippen LogP contribution in [0.3, 0.4) is 0 Å². The van der Waals surface area contributed by atoms with E-state index in [-0.39, 0.29) is 16.8 Å². The van der Waals surface area contributed by atoms with E-state index in [0.717, 1.165) is 24.8 Å². The first kappa shape index (κ1) is 23.7. The lowest BCUT2D eigenvalue weighted by atomic mass is 9.86. The van der Waals surface area contributed by atoms with Gasteiger partial charge in [0.05, 0.1) is 17.5 Å². The molecule has 0 radical (unpaired) electrons. The number of ether oxygens (including phenoxy) is 1. The van der Waals surface area contributed by atoms with E-state index in [1.54, 1.807) is 30.3 Å². The second-order valence-electron chi connectivity index (χ2n) is 8.97. The molecular weight excluding hydrogens is 484 g/mol. The lowest BCUT2D eigenvalue weighted by molar-refractivity contribution is -0.141. The van der Waals surface area contributed by atoms with Crippen molar-refractivity contribution in [1.29, 1.82) is 0 Å². The molecule has 3 aromatic carbocycles. The van der Waals surface area contributed by atoms with Crippen LogP contribution in [0.2, 0.25) is 5.02 Å². The van der Waals surface area contributed by atoms with Crippen LogP contribution in [-0.2, 0) is 27.8 Å². The van der Waals surface area contributed by atoms with Gasteiger partial charge in [0, 0.05) is 16.3 Å². The van der Waals surface area contributed by atoms with Crippen molar-refractivity contribution in [3.8, 4) is 5.75 Å². The number of nitrogens with one attached hydrogen (secondary N) is 1. The summed E-state index contributed by atoms with van der Waals surface area (Å²) in [5, 5.41) is 0.343. The lowest BCUT2D eigenvalue weighted by Crippen LogP contribution is -2.42. The van der Waals surface area contributed by atoms with Crippen LogP contribution in [0.25, 0.3) is 0 Å². The summed E-state index contributed by atoms with van der Waals surface area (Å²) in [7, 11) is -3.83. The molecule has 35 heavy (non-hydrogen) atoms. The summed E-state index contributed by atoms with van der Waals surface area (Å²) in [6, 6.07) is 19.5. The second kappa shape index (κ2) is 9.55. The highest BCUT2D eigenvalue weighted by Crippen LogP contribution is 2.39. The van der Waals surface area contributed by atoms with Crippen LogP contribution in [0, 0.1) is 0 Å². The average Bonchev–Trinajstić information content (AvgIpc) is 2.99. The summed E-state index contributed by atoms with van der Waals surface area (Å²) in [5.41, 5.74) is 3.63. The summed E-state index contributed by atoms with van der Waals surface area (Å²) in [6.07, 6.45) is 2.87. The van der Waals surface area contributed by atoms with Gasteiger partial charge in [0.2, 0.25) is 0 Å². The highest BCUT2D eigenvalue weighted by Gasteiger charge is 2.36. The Morgan fingerprint density at radius 1 is 1.06 bits per heavy atom. The van der Waals surface area contributed by atoms with Gasteiger partial charge in [-0.25, -0.2) is 8.42 Å². The van der Waals surface area contributed by atoms with E-state index in [9.17, 15) is 13.2 Å². The van der Waals surface area contributed by atoms with Crippen LogP contribution in [0.1, 0.15) is 48.9 Å². The number of aryl methyl sites for hydroxylation is 1. The fourth-order valence-corrected chi connectivity index (χ4v) is 6.30. The van der Waals surface area contributed by atoms with E-state index >= 15 is 0 Å². The first-order valence-electron chi connectivity index (χ1n) is 11.8. The summed E-state index contributed by atoms with van der Waals surface area (Å²) < 4.78 is 34.6. The zero-order valence-corrected chi connectivity index (χ0v) is 21.0. The van der Waals surface area contributed by atoms with Crippen LogP contribution in [0.15, 0.2) is 71.6 Å². The Kier molecular flexibility index (Phi) is 6.47. The molecule has 5 rings (SSSR count). The first-order chi connectivity index (χ1) is 16.9. The van der Waals surface area contributed by atoms with E-state index in [4.69, 9.17) is 16.3 Å². The quantitative estimate of drug-likeness (QED) is 0.476. The zero-order valence-electron chi connectivity index (χ0n) is 19.4. The third-order valence-electron chi connectivity index (χ3n) is 6.67. The molecule has 1 N–H and O–H groups in total. The molecule has 1 aliphatic heterocycles. The number of benzene rings is 3. The summed E-state index contributed by atoms with van der Waals surface area (Å²) in [6.45, 7) is 2.28. The van der Waals surface area contributed by atoms with Gasteiger partial charge in [-0.1, -0.05) is 48.9 Å². The maximum absolute atomic E-state index is 13.6. The predicted octanol–water partition coefficient (Wildman–Crippen LogP) is 5.72. The smallest absolute Gasteiger partial charge is 0.264 e. The van der Waals surface area contributed by atoms with E-state index in [2.05, 4.69) is 16.9 Å². The Hall–Kier alpha value is -3.03. The highest BCUT2D eigenvalue weighted by atomic mass is 35.5. The van der Waals surface area contributed by atoms with Gasteiger partial charge >= 0.3 is 0 Å². The highest BCUT2D eigenvalue weighted by molar-refractivity contribution is 7.92. The van der Waals surface area contributed by atoms with Crippen molar-refractivity contribution in [2.75, 3.05) is 4.72 Å². The topological polar surface area (TPSA) is 75.7 Å². The number of fused-ring (bicyclic) bond motifs is 2. The van der Waals surface area contributed by atoms with Gasteiger partial charge in [-0.05, 0) is 73.2 Å². The molecule has 2 aliphatic rings. The van der Waals surface area contributed by atoms with Gasteiger partial charge in [0.25, 0.3) is 15.9 Å². The molecule has 1 amide bonds. The predicted molar refractivity (Wildman–Crippen MR) is 136 cm³/mol.